The van der Waals surface area contributed by atoms with Gasteiger partial charge in [-0.1, -0.05) is 12.1 Å². The van der Waals surface area contributed by atoms with Crippen molar-refractivity contribution in [2.24, 2.45) is 0 Å². The van der Waals surface area contributed by atoms with Crippen molar-refractivity contribution < 1.29 is 9.53 Å². The maximum Gasteiger partial charge on any atom is 0.280 e. The number of anilines is 3. The van der Waals surface area contributed by atoms with Crippen LogP contribution < -0.4 is 15.4 Å². The molecule has 0 saturated heterocycles. The number of hydrogen-bond acceptors (Lipinski definition) is 5. The Labute approximate surface area is 146 Å². The van der Waals surface area contributed by atoms with E-state index in [9.17, 15) is 4.79 Å². The highest BCUT2D eigenvalue weighted by molar-refractivity contribution is 9.10. The average molecular weight is 388 g/mol. The molecule has 1 heterocycles. The van der Waals surface area contributed by atoms with E-state index in [0.29, 0.717) is 11.5 Å². The lowest BCUT2D eigenvalue weighted by Crippen LogP contribution is -2.14. The number of carbonyl (C=O) groups excluding carboxylic acids is 1. The first-order valence-electron chi connectivity index (χ1n) is 7.05. The van der Waals surface area contributed by atoms with Crippen molar-refractivity contribution in [1.29, 1.82) is 0 Å². The van der Waals surface area contributed by atoms with Gasteiger partial charge in [-0.2, -0.15) is 5.21 Å². The third kappa shape index (κ3) is 3.54. The first-order chi connectivity index (χ1) is 11.7. The molecule has 0 spiro atoms. The fourth-order valence-corrected chi connectivity index (χ4v) is 2.42. The molecule has 3 aromatic rings. The zero-order chi connectivity index (χ0) is 16.9. The molecule has 0 fully saturated rings. The van der Waals surface area contributed by atoms with Crippen LogP contribution in [0.3, 0.4) is 0 Å². The summed E-state index contributed by atoms with van der Waals surface area (Å²) in [7, 11) is 1.60. The Bertz CT molecular complexity index is 848. The lowest BCUT2D eigenvalue weighted by atomic mass is 10.3. The van der Waals surface area contributed by atoms with E-state index in [4.69, 9.17) is 4.74 Å². The van der Waals surface area contributed by atoms with Gasteiger partial charge in [0.05, 0.1) is 12.8 Å². The number of nitrogens with zero attached hydrogens (tertiary/aromatic N) is 2. The molecule has 0 radical (unpaired) electrons. The van der Waals surface area contributed by atoms with E-state index < -0.39 is 0 Å². The Morgan fingerprint density at radius 2 is 1.88 bits per heavy atom. The number of nitrogens with one attached hydrogen (secondary N) is 3. The van der Waals surface area contributed by atoms with Gasteiger partial charge in [0.2, 0.25) is 0 Å². The van der Waals surface area contributed by atoms with Crippen molar-refractivity contribution in [2.45, 2.75) is 0 Å². The first-order valence-corrected chi connectivity index (χ1v) is 7.84. The normalized spacial score (nSPS) is 10.2. The van der Waals surface area contributed by atoms with Crippen LogP contribution in [0.25, 0.3) is 0 Å². The topological polar surface area (TPSA) is 91.9 Å². The van der Waals surface area contributed by atoms with Crippen LogP contribution >= 0.6 is 15.9 Å². The van der Waals surface area contributed by atoms with E-state index in [0.717, 1.165) is 15.9 Å². The predicted molar refractivity (Wildman–Crippen MR) is 94.8 cm³/mol. The number of rotatable bonds is 5. The summed E-state index contributed by atoms with van der Waals surface area (Å²) < 4.78 is 5.90. The minimum atomic E-state index is -0.369. The Kier molecular flexibility index (Phi) is 4.76. The summed E-state index contributed by atoms with van der Waals surface area (Å²) in [6.45, 7) is 0. The number of para-hydroxylation sites is 1. The first kappa shape index (κ1) is 16.0. The lowest BCUT2D eigenvalue weighted by molar-refractivity contribution is 0.102. The molecular weight excluding hydrogens is 374 g/mol. The summed E-state index contributed by atoms with van der Waals surface area (Å²) in [5.41, 5.74) is 1.59. The van der Waals surface area contributed by atoms with Gasteiger partial charge in [-0.3, -0.25) is 4.79 Å². The van der Waals surface area contributed by atoms with Crippen LogP contribution in [0.15, 0.2) is 53.0 Å². The summed E-state index contributed by atoms with van der Waals surface area (Å²) in [4.78, 5) is 12.4. The molecule has 0 aliphatic rings. The minimum Gasteiger partial charge on any atom is -0.497 e. The van der Waals surface area contributed by atoms with E-state index in [2.05, 4.69) is 42.0 Å². The number of carbonyl (C=O) groups is 1. The number of benzene rings is 2. The molecule has 122 valence electrons. The minimum absolute atomic E-state index is 0.168. The van der Waals surface area contributed by atoms with Gasteiger partial charge in [0.1, 0.15) is 5.75 Å². The van der Waals surface area contributed by atoms with Crippen molar-refractivity contribution >= 4 is 39.0 Å². The van der Waals surface area contributed by atoms with E-state index in [1.807, 2.05) is 42.5 Å². The number of aromatic amines is 1. The second-order valence-corrected chi connectivity index (χ2v) is 5.66. The van der Waals surface area contributed by atoms with Gasteiger partial charge in [-0.15, -0.1) is 10.2 Å². The molecule has 0 bridgehead atoms. The molecular formula is C16H14BrN5O2. The summed E-state index contributed by atoms with van der Waals surface area (Å²) >= 11 is 3.39. The molecule has 0 aliphatic heterocycles. The molecule has 0 aliphatic carbocycles. The molecule has 0 saturated carbocycles. The van der Waals surface area contributed by atoms with Crippen molar-refractivity contribution in [3.63, 3.8) is 0 Å². The average Bonchev–Trinajstić information content (AvgIpc) is 3.06. The maximum absolute atomic E-state index is 12.4. The number of ether oxygens (including phenoxy) is 1. The SMILES string of the molecule is COc1ccc(Nc2n[nH]nc2C(=O)Nc2ccccc2Br)cc1. The van der Waals surface area contributed by atoms with Crippen LogP contribution in [-0.4, -0.2) is 28.4 Å². The summed E-state index contributed by atoms with van der Waals surface area (Å²) in [6, 6.07) is 14.6. The molecule has 8 heteroatoms. The quantitative estimate of drug-likeness (QED) is 0.622. The van der Waals surface area contributed by atoms with E-state index in [1.54, 1.807) is 13.2 Å². The molecule has 24 heavy (non-hydrogen) atoms. The molecule has 3 rings (SSSR count). The van der Waals surface area contributed by atoms with Gasteiger partial charge in [0.25, 0.3) is 5.91 Å². The predicted octanol–water partition coefficient (Wildman–Crippen LogP) is 3.57. The summed E-state index contributed by atoms with van der Waals surface area (Å²) in [6.07, 6.45) is 0. The van der Waals surface area contributed by atoms with Crippen LogP contribution in [-0.2, 0) is 0 Å². The van der Waals surface area contributed by atoms with Gasteiger partial charge in [0.15, 0.2) is 11.5 Å². The van der Waals surface area contributed by atoms with Crippen LogP contribution in [0.4, 0.5) is 17.2 Å². The van der Waals surface area contributed by atoms with Gasteiger partial charge >= 0.3 is 0 Å². The monoisotopic (exact) mass is 387 g/mol. The Hall–Kier alpha value is -2.87. The van der Waals surface area contributed by atoms with Crippen molar-refractivity contribution in [3.05, 3.63) is 58.7 Å². The zero-order valence-corrected chi connectivity index (χ0v) is 14.3. The van der Waals surface area contributed by atoms with E-state index in [1.165, 1.54) is 0 Å². The number of hydrogen-bond donors (Lipinski definition) is 3. The van der Waals surface area contributed by atoms with Crippen LogP contribution in [0.5, 0.6) is 5.75 Å². The largest absolute Gasteiger partial charge is 0.497 e. The number of H-pyrrole nitrogens is 1. The fourth-order valence-electron chi connectivity index (χ4n) is 2.03. The van der Waals surface area contributed by atoms with Gasteiger partial charge in [0, 0.05) is 10.2 Å². The summed E-state index contributed by atoms with van der Waals surface area (Å²) in [5, 5.41) is 16.2. The van der Waals surface area contributed by atoms with Crippen molar-refractivity contribution in [3.8, 4) is 5.75 Å². The molecule has 0 unspecified atom stereocenters. The number of halogens is 1. The second kappa shape index (κ2) is 7.14. The van der Waals surface area contributed by atoms with Crippen LogP contribution in [0.1, 0.15) is 10.5 Å². The summed E-state index contributed by atoms with van der Waals surface area (Å²) in [5.74, 6) is 0.712. The third-order valence-electron chi connectivity index (χ3n) is 3.24. The number of aromatic nitrogens is 3. The highest BCUT2D eigenvalue weighted by Crippen LogP contribution is 2.24. The third-order valence-corrected chi connectivity index (χ3v) is 3.93. The molecule has 7 nitrogen and oxygen atoms in total. The number of amides is 1. The van der Waals surface area contributed by atoms with Crippen molar-refractivity contribution in [1.82, 2.24) is 15.4 Å². The van der Waals surface area contributed by atoms with Gasteiger partial charge < -0.3 is 15.4 Å². The second-order valence-electron chi connectivity index (χ2n) is 4.81. The van der Waals surface area contributed by atoms with E-state index >= 15 is 0 Å². The Balaban J connectivity index is 1.76. The molecule has 1 amide bonds. The molecule has 1 aromatic heterocycles. The highest BCUT2D eigenvalue weighted by atomic mass is 79.9. The molecule has 0 atom stereocenters. The molecule has 2 aromatic carbocycles. The van der Waals surface area contributed by atoms with Crippen LogP contribution in [0, 0.1) is 0 Å². The van der Waals surface area contributed by atoms with Crippen molar-refractivity contribution in [2.75, 3.05) is 17.7 Å². The lowest BCUT2D eigenvalue weighted by Gasteiger charge is -2.08. The highest BCUT2D eigenvalue weighted by Gasteiger charge is 2.17. The van der Waals surface area contributed by atoms with Gasteiger partial charge in [-0.05, 0) is 52.3 Å². The van der Waals surface area contributed by atoms with E-state index in [-0.39, 0.29) is 11.6 Å². The number of methoxy groups -OCH3 is 1. The Morgan fingerprint density at radius 3 is 2.58 bits per heavy atom. The Morgan fingerprint density at radius 1 is 1.12 bits per heavy atom. The van der Waals surface area contributed by atoms with Gasteiger partial charge in [-0.25, -0.2) is 0 Å². The smallest absolute Gasteiger partial charge is 0.280 e. The fraction of sp³-hybridized carbons (Fsp3) is 0.0625. The standard InChI is InChI=1S/C16H14BrN5O2/c1-24-11-8-6-10(7-9-11)18-15-14(20-22-21-15)16(23)19-13-5-3-2-4-12(13)17/h2-9H,1H3,(H,19,23)(H2,18,20,21,22). The van der Waals surface area contributed by atoms with Crippen LogP contribution in [0.2, 0.25) is 0 Å². The maximum atomic E-state index is 12.4. The molecule has 3 N–H and O–H groups in total. The zero-order valence-electron chi connectivity index (χ0n) is 12.7.